The van der Waals surface area contributed by atoms with Gasteiger partial charge in [-0.1, -0.05) is 91.0 Å². The third kappa shape index (κ3) is 3.40. The van der Waals surface area contributed by atoms with Gasteiger partial charge in [0.2, 0.25) is 5.69 Å². The number of fused-ring (bicyclic) bond motifs is 12. The van der Waals surface area contributed by atoms with Gasteiger partial charge in [0.25, 0.3) is 0 Å². The average molecular weight is 571 g/mol. The highest BCUT2D eigenvalue weighted by molar-refractivity contribution is 6.05. The van der Waals surface area contributed by atoms with Crippen LogP contribution in [0.15, 0.2) is 134 Å². The molecule has 2 aliphatic rings. The largest absolute Gasteiger partial charge is 0.268 e. The van der Waals surface area contributed by atoms with E-state index in [1.165, 1.54) is 49.9 Å². The number of hydrogen-bond acceptors (Lipinski definition) is 3. The lowest BCUT2D eigenvalue weighted by Crippen LogP contribution is -2.26. The van der Waals surface area contributed by atoms with Gasteiger partial charge < -0.3 is 0 Å². The van der Waals surface area contributed by atoms with Crippen LogP contribution in [0.25, 0.3) is 60.4 Å². The van der Waals surface area contributed by atoms with E-state index < -0.39 is 5.41 Å². The van der Waals surface area contributed by atoms with Crippen LogP contribution in [0, 0.1) is 17.9 Å². The van der Waals surface area contributed by atoms with Gasteiger partial charge in [0.15, 0.2) is 0 Å². The maximum absolute atomic E-state index is 9.34. The summed E-state index contributed by atoms with van der Waals surface area (Å²) in [5.74, 6) is 0. The molecule has 1 spiro atoms. The van der Waals surface area contributed by atoms with Crippen molar-refractivity contribution >= 4 is 16.5 Å². The monoisotopic (exact) mass is 570 g/mol. The second-order valence-electron chi connectivity index (χ2n) is 11.6. The lowest BCUT2D eigenvalue weighted by Gasteiger charge is -2.31. The van der Waals surface area contributed by atoms with Crippen molar-refractivity contribution in [2.45, 2.75) is 5.41 Å². The van der Waals surface area contributed by atoms with E-state index in [4.69, 9.17) is 6.57 Å². The summed E-state index contributed by atoms with van der Waals surface area (Å²) in [5.41, 5.74) is 14.4. The minimum absolute atomic E-state index is 0.517. The molecule has 2 aromatic heterocycles. The second kappa shape index (κ2) is 9.32. The Hall–Kier alpha value is -6.36. The molecule has 0 aliphatic heterocycles. The fraction of sp³-hybridized carbons (Fsp3) is 0.0244. The standard InChI is InChI=1S/C41H22N4/c1-43-29-14-19-39(45-24-29)27-12-15-30-26(20-27)11-17-34-33-16-13-28(38-18-10-25(22-42)23-44-38)21-37(33)41(40(30)34)35-8-4-2-6-31(35)32-7-3-5-9-36(32)41/h2-21,23-24H. The first-order chi connectivity index (χ1) is 22.2. The van der Waals surface area contributed by atoms with Gasteiger partial charge in [-0.2, -0.15) is 5.26 Å². The molecule has 0 unspecified atom stereocenters. The molecule has 4 heteroatoms. The van der Waals surface area contributed by atoms with Crippen molar-refractivity contribution in [3.05, 3.63) is 173 Å². The summed E-state index contributed by atoms with van der Waals surface area (Å²) in [6.45, 7) is 7.28. The van der Waals surface area contributed by atoms with Crippen molar-refractivity contribution in [1.29, 1.82) is 5.26 Å². The first-order valence-corrected chi connectivity index (χ1v) is 14.8. The van der Waals surface area contributed by atoms with Gasteiger partial charge in [0.1, 0.15) is 6.07 Å². The Morgan fingerprint density at radius 3 is 1.91 bits per heavy atom. The van der Waals surface area contributed by atoms with E-state index in [0.717, 1.165) is 27.9 Å². The highest BCUT2D eigenvalue weighted by atomic mass is 14.7. The molecule has 0 amide bonds. The molecule has 0 bridgehead atoms. The summed E-state index contributed by atoms with van der Waals surface area (Å²) in [5, 5.41) is 11.7. The smallest absolute Gasteiger partial charge is 0.205 e. The molecular weight excluding hydrogens is 548 g/mol. The van der Waals surface area contributed by atoms with Crippen LogP contribution in [-0.4, -0.2) is 9.97 Å². The lowest BCUT2D eigenvalue weighted by molar-refractivity contribution is 0.801. The number of nitrogens with zero attached hydrogens (tertiary/aromatic N) is 4. The zero-order valence-corrected chi connectivity index (χ0v) is 24.0. The van der Waals surface area contributed by atoms with E-state index in [1.807, 2.05) is 24.3 Å². The van der Waals surface area contributed by atoms with Crippen LogP contribution in [-0.2, 0) is 5.41 Å². The van der Waals surface area contributed by atoms with Crippen molar-refractivity contribution in [2.75, 3.05) is 0 Å². The molecule has 206 valence electrons. The normalized spacial score (nSPS) is 13.0. The van der Waals surface area contributed by atoms with Gasteiger partial charge in [0, 0.05) is 23.5 Å². The molecule has 0 atom stereocenters. The summed E-state index contributed by atoms with van der Waals surface area (Å²) in [7, 11) is 0. The van der Waals surface area contributed by atoms with E-state index in [9.17, 15) is 5.26 Å². The predicted molar refractivity (Wildman–Crippen MR) is 178 cm³/mol. The van der Waals surface area contributed by atoms with E-state index in [-0.39, 0.29) is 0 Å². The fourth-order valence-corrected chi connectivity index (χ4v) is 7.55. The van der Waals surface area contributed by atoms with Gasteiger partial charge in [0.05, 0.1) is 28.9 Å². The topological polar surface area (TPSA) is 53.9 Å². The maximum atomic E-state index is 9.34. The van der Waals surface area contributed by atoms with Gasteiger partial charge in [-0.3, -0.25) is 9.97 Å². The van der Waals surface area contributed by atoms with Crippen LogP contribution in [0.2, 0.25) is 0 Å². The van der Waals surface area contributed by atoms with Crippen LogP contribution in [0.1, 0.15) is 27.8 Å². The van der Waals surface area contributed by atoms with Gasteiger partial charge >= 0.3 is 0 Å². The zero-order chi connectivity index (χ0) is 30.1. The summed E-state index contributed by atoms with van der Waals surface area (Å²) >= 11 is 0. The molecule has 2 heterocycles. The van der Waals surface area contributed by atoms with E-state index in [0.29, 0.717) is 11.3 Å². The third-order valence-corrected chi connectivity index (χ3v) is 9.42. The molecule has 0 saturated carbocycles. The summed E-state index contributed by atoms with van der Waals surface area (Å²) in [6.07, 6.45) is 3.27. The van der Waals surface area contributed by atoms with E-state index in [2.05, 4.69) is 118 Å². The van der Waals surface area contributed by atoms with E-state index in [1.54, 1.807) is 12.4 Å². The summed E-state index contributed by atoms with van der Waals surface area (Å²) in [6, 6.07) is 45.1. The van der Waals surface area contributed by atoms with Crippen molar-refractivity contribution in [2.24, 2.45) is 0 Å². The Kier molecular flexibility index (Phi) is 5.21. The molecule has 4 nitrogen and oxygen atoms in total. The minimum atomic E-state index is -0.517. The Morgan fingerprint density at radius 1 is 0.600 bits per heavy atom. The van der Waals surface area contributed by atoms with Gasteiger partial charge in [-0.25, -0.2) is 4.85 Å². The summed E-state index contributed by atoms with van der Waals surface area (Å²) < 4.78 is 0. The number of benzene rings is 5. The number of rotatable bonds is 2. The molecule has 0 radical (unpaired) electrons. The van der Waals surface area contributed by atoms with Crippen molar-refractivity contribution < 1.29 is 0 Å². The minimum Gasteiger partial charge on any atom is -0.268 e. The molecule has 2 aliphatic carbocycles. The molecule has 5 aromatic carbocycles. The number of pyridine rings is 2. The van der Waals surface area contributed by atoms with Crippen molar-refractivity contribution in [3.63, 3.8) is 0 Å². The Morgan fingerprint density at radius 2 is 1.24 bits per heavy atom. The highest BCUT2D eigenvalue weighted by Gasteiger charge is 2.52. The molecule has 0 fully saturated rings. The number of hydrogen-bond donors (Lipinski definition) is 0. The van der Waals surface area contributed by atoms with Crippen LogP contribution in [0.4, 0.5) is 5.69 Å². The molecule has 0 N–H and O–H groups in total. The average Bonchev–Trinajstić information content (AvgIpc) is 3.58. The molecule has 0 saturated heterocycles. The first kappa shape index (κ1) is 25.2. The third-order valence-electron chi connectivity index (χ3n) is 9.42. The van der Waals surface area contributed by atoms with Crippen LogP contribution < -0.4 is 0 Å². The predicted octanol–water partition coefficient (Wildman–Crippen LogP) is 9.73. The molecular formula is C41H22N4. The van der Waals surface area contributed by atoms with Gasteiger partial charge in [-0.05, 0) is 85.6 Å². The Labute approximate surface area is 260 Å². The van der Waals surface area contributed by atoms with Crippen LogP contribution in [0.5, 0.6) is 0 Å². The lowest BCUT2D eigenvalue weighted by atomic mass is 9.69. The zero-order valence-electron chi connectivity index (χ0n) is 24.0. The highest BCUT2D eigenvalue weighted by Crippen LogP contribution is 2.64. The quantitative estimate of drug-likeness (QED) is 0.194. The molecule has 9 rings (SSSR count). The summed E-state index contributed by atoms with van der Waals surface area (Å²) in [4.78, 5) is 12.7. The van der Waals surface area contributed by atoms with Crippen LogP contribution in [0.3, 0.4) is 0 Å². The number of aromatic nitrogens is 2. The van der Waals surface area contributed by atoms with Gasteiger partial charge in [-0.15, -0.1) is 0 Å². The van der Waals surface area contributed by atoms with E-state index >= 15 is 0 Å². The Balaban J connectivity index is 1.35. The van der Waals surface area contributed by atoms with Crippen molar-refractivity contribution in [1.82, 2.24) is 9.97 Å². The van der Waals surface area contributed by atoms with Crippen molar-refractivity contribution in [3.8, 4) is 50.8 Å². The number of nitriles is 1. The molecule has 7 aromatic rings. The Bertz CT molecular complexity index is 2400. The first-order valence-electron chi connectivity index (χ1n) is 14.8. The SMILES string of the molecule is [C-]#[N+]c1ccc(-c2ccc3c4c(ccc3c2)-c2ccc(-c3ccc(C#N)cn3)cc2C42c3ccccc3-c3ccccc32)nc1. The second-order valence-corrected chi connectivity index (χ2v) is 11.6. The fourth-order valence-electron chi connectivity index (χ4n) is 7.55. The van der Waals surface area contributed by atoms with Crippen LogP contribution >= 0.6 is 0 Å². The maximum Gasteiger partial charge on any atom is 0.205 e. The molecule has 45 heavy (non-hydrogen) atoms.